The summed E-state index contributed by atoms with van der Waals surface area (Å²) in [6.45, 7) is -0.102. The summed E-state index contributed by atoms with van der Waals surface area (Å²) >= 11 is 3.33. The number of carboxylic acid groups (broad SMARTS) is 1. The minimum atomic E-state index is -1.15. The second-order valence-electron chi connectivity index (χ2n) is 4.07. The maximum absolute atomic E-state index is 11.7. The Kier molecular flexibility index (Phi) is 6.90. The molecule has 0 aromatic heterocycles. The standard InChI is InChI=1S/C14H16BrNO5/c1-20-8-11(14(18)19)16-13(17)6-3-9-7-10(15)4-5-12(9)21-2/h3-7,11H,8H2,1-2H3,(H,16,17)(H,18,19)/b6-3+. The molecule has 0 bridgehead atoms. The van der Waals surface area contributed by atoms with E-state index < -0.39 is 17.9 Å². The van der Waals surface area contributed by atoms with E-state index in [0.29, 0.717) is 11.3 Å². The van der Waals surface area contributed by atoms with Crippen molar-refractivity contribution in [1.29, 1.82) is 0 Å². The summed E-state index contributed by atoms with van der Waals surface area (Å²) in [5.41, 5.74) is 0.695. The number of rotatable bonds is 7. The van der Waals surface area contributed by atoms with Gasteiger partial charge >= 0.3 is 5.97 Å². The topological polar surface area (TPSA) is 84.9 Å². The number of hydrogen-bond acceptors (Lipinski definition) is 4. The second-order valence-corrected chi connectivity index (χ2v) is 4.99. The number of aliphatic carboxylic acids is 1. The first kappa shape index (κ1) is 17.2. The van der Waals surface area contributed by atoms with Crippen LogP contribution in [0.4, 0.5) is 0 Å². The van der Waals surface area contributed by atoms with Crippen molar-refractivity contribution in [3.8, 4) is 5.75 Å². The zero-order valence-electron chi connectivity index (χ0n) is 11.6. The van der Waals surface area contributed by atoms with Gasteiger partial charge in [0, 0.05) is 23.2 Å². The predicted octanol–water partition coefficient (Wildman–Crippen LogP) is 1.69. The molecule has 1 atom stereocenters. The van der Waals surface area contributed by atoms with E-state index in [0.717, 1.165) is 4.47 Å². The molecule has 0 fully saturated rings. The van der Waals surface area contributed by atoms with Gasteiger partial charge in [0.25, 0.3) is 0 Å². The Morgan fingerprint density at radius 1 is 1.43 bits per heavy atom. The Morgan fingerprint density at radius 2 is 2.14 bits per heavy atom. The molecule has 7 heteroatoms. The third kappa shape index (κ3) is 5.57. The number of methoxy groups -OCH3 is 2. The van der Waals surface area contributed by atoms with Crippen LogP contribution in [0.3, 0.4) is 0 Å². The Labute approximate surface area is 130 Å². The maximum Gasteiger partial charge on any atom is 0.328 e. The van der Waals surface area contributed by atoms with Gasteiger partial charge in [0.1, 0.15) is 5.75 Å². The number of carboxylic acids is 1. The van der Waals surface area contributed by atoms with Crippen LogP contribution in [0.1, 0.15) is 5.56 Å². The molecule has 6 nitrogen and oxygen atoms in total. The van der Waals surface area contributed by atoms with Gasteiger partial charge in [-0.2, -0.15) is 0 Å². The largest absolute Gasteiger partial charge is 0.496 e. The average Bonchev–Trinajstić information content (AvgIpc) is 2.44. The number of ether oxygens (including phenoxy) is 2. The summed E-state index contributed by atoms with van der Waals surface area (Å²) in [6.07, 6.45) is 2.79. The number of carbonyl (C=O) groups is 2. The molecule has 0 spiro atoms. The van der Waals surface area contributed by atoms with Crippen molar-refractivity contribution in [3.05, 3.63) is 34.3 Å². The van der Waals surface area contributed by atoms with Crippen LogP contribution in [0.15, 0.2) is 28.7 Å². The van der Waals surface area contributed by atoms with Crippen LogP contribution in [0.5, 0.6) is 5.75 Å². The van der Waals surface area contributed by atoms with Gasteiger partial charge in [-0.1, -0.05) is 15.9 Å². The predicted molar refractivity (Wildman–Crippen MR) is 81.2 cm³/mol. The average molecular weight is 358 g/mol. The maximum atomic E-state index is 11.7. The van der Waals surface area contributed by atoms with Gasteiger partial charge < -0.3 is 19.9 Å². The van der Waals surface area contributed by atoms with Gasteiger partial charge in [0.15, 0.2) is 6.04 Å². The first-order chi connectivity index (χ1) is 9.97. The van der Waals surface area contributed by atoms with Crippen molar-refractivity contribution in [2.75, 3.05) is 20.8 Å². The van der Waals surface area contributed by atoms with Gasteiger partial charge in [-0.05, 0) is 24.3 Å². The molecule has 0 aliphatic rings. The lowest BCUT2D eigenvalue weighted by atomic mass is 10.2. The molecule has 0 aliphatic heterocycles. The van der Waals surface area contributed by atoms with E-state index >= 15 is 0 Å². The number of carbonyl (C=O) groups excluding carboxylic acids is 1. The van der Waals surface area contributed by atoms with E-state index in [1.165, 1.54) is 20.3 Å². The van der Waals surface area contributed by atoms with Crippen LogP contribution < -0.4 is 10.1 Å². The minimum Gasteiger partial charge on any atom is -0.496 e. The number of benzene rings is 1. The zero-order valence-corrected chi connectivity index (χ0v) is 13.2. The molecule has 21 heavy (non-hydrogen) atoms. The summed E-state index contributed by atoms with van der Waals surface area (Å²) in [4.78, 5) is 22.6. The smallest absolute Gasteiger partial charge is 0.328 e. The quantitative estimate of drug-likeness (QED) is 0.725. The fraction of sp³-hybridized carbons (Fsp3) is 0.286. The molecule has 2 N–H and O–H groups in total. The Balaban J connectivity index is 2.78. The van der Waals surface area contributed by atoms with Crippen molar-refractivity contribution in [2.24, 2.45) is 0 Å². The fourth-order valence-corrected chi connectivity index (χ4v) is 1.94. The van der Waals surface area contributed by atoms with Crippen LogP contribution >= 0.6 is 15.9 Å². The number of halogens is 1. The molecule has 0 heterocycles. The molecule has 1 amide bonds. The highest BCUT2D eigenvalue weighted by Gasteiger charge is 2.18. The van der Waals surface area contributed by atoms with Crippen molar-refractivity contribution in [3.63, 3.8) is 0 Å². The van der Waals surface area contributed by atoms with Gasteiger partial charge in [-0.25, -0.2) is 4.79 Å². The van der Waals surface area contributed by atoms with Gasteiger partial charge in [-0.3, -0.25) is 4.79 Å². The fourth-order valence-electron chi connectivity index (χ4n) is 1.56. The summed E-state index contributed by atoms with van der Waals surface area (Å²) in [5.74, 6) is -1.07. The molecule has 1 unspecified atom stereocenters. The number of nitrogens with one attached hydrogen (secondary N) is 1. The molecule has 1 aromatic rings. The number of hydrogen-bond donors (Lipinski definition) is 2. The first-order valence-electron chi connectivity index (χ1n) is 6.01. The second kappa shape index (κ2) is 8.43. The Hall–Kier alpha value is -1.86. The van der Waals surface area contributed by atoms with E-state index in [4.69, 9.17) is 14.6 Å². The summed E-state index contributed by atoms with van der Waals surface area (Å²) in [6, 6.07) is 4.27. The molecule has 0 saturated carbocycles. The minimum absolute atomic E-state index is 0.102. The Bertz CT molecular complexity index is 544. The lowest BCUT2D eigenvalue weighted by molar-refractivity contribution is -0.142. The van der Waals surface area contributed by atoms with Crippen molar-refractivity contribution in [1.82, 2.24) is 5.32 Å². The monoisotopic (exact) mass is 357 g/mol. The van der Waals surface area contributed by atoms with E-state index in [9.17, 15) is 9.59 Å². The van der Waals surface area contributed by atoms with Crippen molar-refractivity contribution in [2.45, 2.75) is 6.04 Å². The normalized spacial score (nSPS) is 12.1. The van der Waals surface area contributed by atoms with Crippen LogP contribution in [-0.2, 0) is 14.3 Å². The van der Waals surface area contributed by atoms with E-state index in [1.807, 2.05) is 6.07 Å². The Morgan fingerprint density at radius 3 is 2.71 bits per heavy atom. The highest BCUT2D eigenvalue weighted by Crippen LogP contribution is 2.23. The van der Waals surface area contributed by atoms with Crippen molar-refractivity contribution >= 4 is 33.9 Å². The van der Waals surface area contributed by atoms with E-state index in [-0.39, 0.29) is 6.61 Å². The highest BCUT2D eigenvalue weighted by atomic mass is 79.9. The van der Waals surface area contributed by atoms with Crippen LogP contribution in [0.2, 0.25) is 0 Å². The third-order valence-electron chi connectivity index (χ3n) is 2.55. The van der Waals surface area contributed by atoms with E-state index in [1.54, 1.807) is 18.2 Å². The summed E-state index contributed by atoms with van der Waals surface area (Å²) in [5, 5.41) is 11.2. The SMILES string of the molecule is COCC(NC(=O)/C=C/c1cc(Br)ccc1OC)C(=O)O. The van der Waals surface area contributed by atoms with Gasteiger partial charge in [0.2, 0.25) is 5.91 Å². The van der Waals surface area contributed by atoms with Gasteiger partial charge in [-0.15, -0.1) is 0 Å². The lowest BCUT2D eigenvalue weighted by Gasteiger charge is -2.11. The molecule has 1 aromatic carbocycles. The summed E-state index contributed by atoms with van der Waals surface area (Å²) < 4.78 is 10.7. The summed E-state index contributed by atoms with van der Waals surface area (Å²) in [7, 11) is 2.89. The van der Waals surface area contributed by atoms with Gasteiger partial charge in [0.05, 0.1) is 13.7 Å². The van der Waals surface area contributed by atoms with Crippen LogP contribution in [0, 0.1) is 0 Å². The molecule has 0 aliphatic carbocycles. The lowest BCUT2D eigenvalue weighted by Crippen LogP contribution is -2.43. The molecule has 1 rings (SSSR count). The molecule has 0 saturated heterocycles. The van der Waals surface area contributed by atoms with Crippen LogP contribution in [0.25, 0.3) is 6.08 Å². The van der Waals surface area contributed by atoms with E-state index in [2.05, 4.69) is 21.2 Å². The molecule has 0 radical (unpaired) electrons. The van der Waals surface area contributed by atoms with Crippen LogP contribution in [-0.4, -0.2) is 43.9 Å². The third-order valence-corrected chi connectivity index (χ3v) is 3.05. The molecule has 114 valence electrons. The number of amides is 1. The first-order valence-corrected chi connectivity index (χ1v) is 6.81. The zero-order chi connectivity index (χ0) is 15.8. The van der Waals surface area contributed by atoms with Crippen molar-refractivity contribution < 1.29 is 24.2 Å². The highest BCUT2D eigenvalue weighted by molar-refractivity contribution is 9.10. The molecular weight excluding hydrogens is 342 g/mol. The molecular formula is C14H16BrNO5.